The molecule has 2 aliphatic rings. The van der Waals surface area contributed by atoms with Crippen molar-refractivity contribution in [1.82, 2.24) is 19.9 Å². The number of benzene rings is 1. The number of hydrogen-bond acceptors (Lipinski definition) is 5. The van der Waals surface area contributed by atoms with Crippen molar-refractivity contribution in [3.05, 3.63) is 29.0 Å². The molecule has 0 spiro atoms. The van der Waals surface area contributed by atoms with Crippen molar-refractivity contribution >= 4 is 28.3 Å². The van der Waals surface area contributed by atoms with E-state index in [1.54, 1.807) is 11.3 Å². The molecule has 1 saturated heterocycles. The first-order valence-electron chi connectivity index (χ1n) is 9.88. The van der Waals surface area contributed by atoms with Crippen molar-refractivity contribution in [2.24, 2.45) is 5.92 Å². The Morgan fingerprint density at radius 1 is 1.32 bits per heavy atom. The van der Waals surface area contributed by atoms with Crippen molar-refractivity contribution in [2.45, 2.75) is 52.2 Å². The third-order valence-corrected chi connectivity index (χ3v) is 6.96. The normalized spacial score (nSPS) is 20.5. The number of nitrogens with one attached hydrogen (secondary N) is 1. The maximum atomic E-state index is 11.6. The van der Waals surface area contributed by atoms with E-state index in [4.69, 9.17) is 9.72 Å². The van der Waals surface area contributed by atoms with Crippen molar-refractivity contribution < 1.29 is 9.53 Å². The monoisotopic (exact) mass is 396 g/mol. The number of aromatic nitrogens is 3. The summed E-state index contributed by atoms with van der Waals surface area (Å²) in [7, 11) is 0. The van der Waals surface area contributed by atoms with E-state index in [1.165, 1.54) is 17.7 Å². The summed E-state index contributed by atoms with van der Waals surface area (Å²) in [5.41, 5.74) is 4.10. The second-order valence-electron chi connectivity index (χ2n) is 7.98. The van der Waals surface area contributed by atoms with Gasteiger partial charge in [-0.2, -0.15) is 0 Å². The summed E-state index contributed by atoms with van der Waals surface area (Å²) in [5.74, 6) is 1.14. The molecule has 5 rings (SSSR count). The molecule has 1 aromatic carbocycles. The van der Waals surface area contributed by atoms with Gasteiger partial charge >= 0.3 is 0 Å². The lowest BCUT2D eigenvalue weighted by molar-refractivity contribution is -0.119. The number of thiazole rings is 1. The van der Waals surface area contributed by atoms with E-state index >= 15 is 0 Å². The summed E-state index contributed by atoms with van der Waals surface area (Å²) < 4.78 is 8.71. The van der Waals surface area contributed by atoms with E-state index in [-0.39, 0.29) is 17.9 Å². The van der Waals surface area contributed by atoms with Gasteiger partial charge in [0.1, 0.15) is 22.4 Å². The van der Waals surface area contributed by atoms with Gasteiger partial charge < -0.3 is 14.6 Å². The fraction of sp³-hybridized carbons (Fsp3) is 0.476. The summed E-state index contributed by atoms with van der Waals surface area (Å²) >= 11 is 1.70. The minimum absolute atomic E-state index is 0.0558. The molecule has 1 aliphatic heterocycles. The van der Waals surface area contributed by atoms with Gasteiger partial charge in [0.15, 0.2) is 0 Å². The maximum Gasteiger partial charge on any atom is 0.220 e. The van der Waals surface area contributed by atoms with Gasteiger partial charge in [-0.1, -0.05) is 0 Å². The van der Waals surface area contributed by atoms with Crippen LogP contribution in [-0.2, 0) is 4.79 Å². The van der Waals surface area contributed by atoms with Gasteiger partial charge in [-0.3, -0.25) is 4.79 Å². The zero-order chi connectivity index (χ0) is 19.4. The minimum Gasteiger partial charge on any atom is -0.488 e. The summed E-state index contributed by atoms with van der Waals surface area (Å²) in [6, 6.07) is 4.73. The zero-order valence-corrected chi connectivity index (χ0v) is 17.2. The van der Waals surface area contributed by atoms with E-state index in [1.807, 2.05) is 13.3 Å². The summed E-state index contributed by atoms with van der Waals surface area (Å²) in [6.45, 7) is 6.87. The van der Waals surface area contributed by atoms with E-state index in [9.17, 15) is 4.79 Å². The first-order chi connectivity index (χ1) is 13.5. The maximum absolute atomic E-state index is 11.6. The van der Waals surface area contributed by atoms with Gasteiger partial charge in [-0.25, -0.2) is 9.97 Å². The first-order valence-corrected chi connectivity index (χ1v) is 10.7. The highest BCUT2D eigenvalue weighted by Crippen LogP contribution is 2.42. The number of amides is 1. The van der Waals surface area contributed by atoms with Gasteiger partial charge in [0.05, 0.1) is 17.5 Å². The molecule has 0 radical (unpaired) electrons. The van der Waals surface area contributed by atoms with Crippen LogP contribution in [-0.4, -0.2) is 33.1 Å². The van der Waals surface area contributed by atoms with Crippen molar-refractivity contribution in [3.63, 3.8) is 0 Å². The topological polar surface area (TPSA) is 69.0 Å². The van der Waals surface area contributed by atoms with Crippen LogP contribution in [0, 0.1) is 19.8 Å². The number of ether oxygens (including phenoxy) is 1. The van der Waals surface area contributed by atoms with Gasteiger partial charge in [0, 0.05) is 35.4 Å². The average molecular weight is 397 g/mol. The molecule has 2 fully saturated rings. The van der Waals surface area contributed by atoms with Gasteiger partial charge in [0.25, 0.3) is 0 Å². The Kier molecular flexibility index (Phi) is 4.16. The summed E-state index contributed by atoms with van der Waals surface area (Å²) in [4.78, 5) is 22.2. The molecular weight excluding hydrogens is 372 g/mol. The van der Waals surface area contributed by atoms with Crippen LogP contribution in [0.15, 0.2) is 18.5 Å². The lowest BCUT2D eigenvalue weighted by atomic mass is 10.0. The molecule has 6 nitrogen and oxygen atoms in total. The molecule has 0 bridgehead atoms. The minimum atomic E-state index is -0.0558. The van der Waals surface area contributed by atoms with Gasteiger partial charge in [0.2, 0.25) is 5.91 Å². The van der Waals surface area contributed by atoms with Crippen LogP contribution in [0.5, 0.6) is 5.75 Å². The second kappa shape index (κ2) is 6.58. The highest BCUT2D eigenvalue weighted by molar-refractivity contribution is 7.15. The smallest absolute Gasteiger partial charge is 0.220 e. The molecule has 1 aliphatic carbocycles. The van der Waals surface area contributed by atoms with Crippen LogP contribution in [0.3, 0.4) is 0 Å². The third kappa shape index (κ3) is 3.07. The lowest BCUT2D eigenvalue weighted by Crippen LogP contribution is -2.25. The molecule has 2 aromatic heterocycles. The van der Waals surface area contributed by atoms with E-state index in [2.05, 4.69) is 40.8 Å². The van der Waals surface area contributed by atoms with Crippen LogP contribution in [0.2, 0.25) is 0 Å². The number of hydrogen-bond donors (Lipinski definition) is 1. The molecule has 1 amide bonds. The summed E-state index contributed by atoms with van der Waals surface area (Å²) in [5, 5.41) is 3.90. The lowest BCUT2D eigenvalue weighted by Gasteiger charge is -2.21. The number of nitrogens with zero attached hydrogens (tertiary/aromatic N) is 3. The Balaban J connectivity index is 1.57. The number of imidazole rings is 1. The molecule has 28 heavy (non-hydrogen) atoms. The Labute approximate surface area is 167 Å². The standard InChI is InChI=1S/C21H24N4O2S/c1-11-13(3)28-21(24-11)14-6-17-20(25(10-23-17)16-4-5-16)18(7-14)27-12(2)15-8-19(26)22-9-15/h6-7,10,12,15-16H,4-5,8-9H2,1-3H3,(H,22,26)/t12?,15-/m1/s1. The molecule has 3 aromatic rings. The van der Waals surface area contributed by atoms with Crippen LogP contribution in [0.1, 0.15) is 42.8 Å². The van der Waals surface area contributed by atoms with Crippen LogP contribution in [0.25, 0.3) is 21.6 Å². The molecule has 3 heterocycles. The van der Waals surface area contributed by atoms with Crippen molar-refractivity contribution in [3.8, 4) is 16.3 Å². The predicted molar refractivity (Wildman–Crippen MR) is 110 cm³/mol. The number of aryl methyl sites for hydroxylation is 2. The highest BCUT2D eigenvalue weighted by Gasteiger charge is 2.30. The highest BCUT2D eigenvalue weighted by atomic mass is 32.1. The molecular formula is C21H24N4O2S. The van der Waals surface area contributed by atoms with Gasteiger partial charge in [-0.15, -0.1) is 11.3 Å². The number of carbonyl (C=O) groups is 1. The Morgan fingerprint density at radius 3 is 2.79 bits per heavy atom. The summed E-state index contributed by atoms with van der Waals surface area (Å²) in [6.07, 6.45) is 4.78. The van der Waals surface area contributed by atoms with E-state index in [0.717, 1.165) is 33.0 Å². The molecule has 1 saturated carbocycles. The first kappa shape index (κ1) is 17.7. The number of fused-ring (bicyclic) bond motifs is 1. The van der Waals surface area contributed by atoms with E-state index < -0.39 is 0 Å². The third-order valence-electron chi connectivity index (χ3n) is 5.84. The molecule has 146 valence electrons. The quantitative estimate of drug-likeness (QED) is 0.707. The molecule has 2 atom stereocenters. The zero-order valence-electron chi connectivity index (χ0n) is 16.4. The largest absolute Gasteiger partial charge is 0.488 e. The molecule has 7 heteroatoms. The predicted octanol–water partition coefficient (Wildman–Crippen LogP) is 4.01. The average Bonchev–Trinajstić information content (AvgIpc) is 3.10. The Morgan fingerprint density at radius 2 is 2.14 bits per heavy atom. The SMILES string of the molecule is Cc1nc(-c2cc(OC(C)[C@H]3CNC(=O)C3)c3c(c2)ncn3C2CC2)sc1C. The second-order valence-corrected chi connectivity index (χ2v) is 9.18. The van der Waals surface area contributed by atoms with Crippen LogP contribution >= 0.6 is 11.3 Å². The number of rotatable bonds is 5. The van der Waals surface area contributed by atoms with Crippen LogP contribution in [0.4, 0.5) is 0 Å². The molecule has 1 N–H and O–H groups in total. The fourth-order valence-electron chi connectivity index (χ4n) is 3.83. The fourth-order valence-corrected chi connectivity index (χ4v) is 4.73. The van der Waals surface area contributed by atoms with Crippen molar-refractivity contribution in [2.75, 3.05) is 6.54 Å². The molecule has 1 unspecified atom stereocenters. The van der Waals surface area contributed by atoms with E-state index in [0.29, 0.717) is 19.0 Å². The Bertz CT molecular complexity index is 1050. The number of carbonyl (C=O) groups excluding carboxylic acids is 1. The van der Waals surface area contributed by atoms with Crippen LogP contribution < -0.4 is 10.1 Å². The Hall–Kier alpha value is -2.41. The van der Waals surface area contributed by atoms with Crippen molar-refractivity contribution in [1.29, 1.82) is 0 Å². The van der Waals surface area contributed by atoms with Gasteiger partial charge in [-0.05, 0) is 45.7 Å².